The van der Waals surface area contributed by atoms with Crippen molar-refractivity contribution in [1.29, 1.82) is 0 Å². The Morgan fingerprint density at radius 1 is 1.26 bits per heavy atom. The van der Waals surface area contributed by atoms with Crippen LogP contribution in [-0.4, -0.2) is 36.4 Å². The molecule has 8 heteroatoms. The Morgan fingerprint density at radius 3 is 2.52 bits per heavy atom. The van der Waals surface area contributed by atoms with Gasteiger partial charge in [-0.25, -0.2) is 4.79 Å². The van der Waals surface area contributed by atoms with Crippen LogP contribution >= 0.6 is 0 Å². The highest BCUT2D eigenvalue weighted by Gasteiger charge is 2.27. The summed E-state index contributed by atoms with van der Waals surface area (Å²) in [6.07, 6.45) is 1.50. The number of nitrogens with one attached hydrogen (secondary N) is 1. The molecule has 0 radical (unpaired) electrons. The van der Waals surface area contributed by atoms with E-state index >= 15 is 0 Å². The average molecular weight is 374 g/mol. The maximum Gasteiger partial charge on any atom is 0.328 e. The number of aryl methyl sites for hydroxylation is 1. The van der Waals surface area contributed by atoms with E-state index in [9.17, 15) is 14.4 Å². The number of methoxy groups -OCH3 is 1. The molecule has 0 spiro atoms. The van der Waals surface area contributed by atoms with Crippen molar-refractivity contribution in [3.05, 3.63) is 34.1 Å². The zero-order valence-corrected chi connectivity index (χ0v) is 15.7. The smallest absolute Gasteiger partial charge is 0.328 e. The number of aromatic nitrogens is 1. The van der Waals surface area contributed by atoms with E-state index in [1.807, 2.05) is 6.92 Å². The highest BCUT2D eigenvalue weighted by molar-refractivity contribution is 5.99. The molecule has 1 N–H and O–H groups in total. The molecule has 1 aliphatic rings. The summed E-state index contributed by atoms with van der Waals surface area (Å²) in [6.45, 7) is 6.11. The molecular weight excluding hydrogens is 352 g/mol. The van der Waals surface area contributed by atoms with Crippen LogP contribution in [0.4, 0.5) is 0 Å². The van der Waals surface area contributed by atoms with Crippen molar-refractivity contribution < 1.29 is 23.8 Å². The van der Waals surface area contributed by atoms with E-state index in [0.717, 1.165) is 0 Å². The standard InChI is InChI=1S/C19H22N2O6/c1-5-21-8-12(18(23)20-16(10(2)3)19(24)25-4)17(22)11-6-14-15(7-13(11)21)27-9-26-14/h6-8,10,16H,5,9H2,1-4H3,(H,20,23). The number of hydrogen-bond acceptors (Lipinski definition) is 6. The predicted molar refractivity (Wildman–Crippen MR) is 98.1 cm³/mol. The SMILES string of the molecule is CCn1cc(C(=O)NC(C(=O)OC)C(C)C)c(=O)c2cc3c(cc21)OCO3. The van der Waals surface area contributed by atoms with E-state index in [2.05, 4.69) is 5.32 Å². The summed E-state index contributed by atoms with van der Waals surface area (Å²) in [7, 11) is 1.26. The van der Waals surface area contributed by atoms with Gasteiger partial charge in [0, 0.05) is 18.8 Å². The van der Waals surface area contributed by atoms with Crippen molar-refractivity contribution in [2.75, 3.05) is 13.9 Å². The molecule has 0 fully saturated rings. The number of carbonyl (C=O) groups is 2. The molecule has 1 aromatic heterocycles. The lowest BCUT2D eigenvalue weighted by Gasteiger charge is -2.20. The van der Waals surface area contributed by atoms with Gasteiger partial charge in [-0.15, -0.1) is 0 Å². The third kappa shape index (κ3) is 3.34. The number of rotatable bonds is 5. The minimum Gasteiger partial charge on any atom is -0.467 e. The fraction of sp³-hybridized carbons (Fsp3) is 0.421. The van der Waals surface area contributed by atoms with Gasteiger partial charge in [0.25, 0.3) is 5.91 Å². The van der Waals surface area contributed by atoms with Gasteiger partial charge in [-0.2, -0.15) is 0 Å². The topological polar surface area (TPSA) is 95.9 Å². The van der Waals surface area contributed by atoms with Crippen LogP contribution in [0.3, 0.4) is 0 Å². The lowest BCUT2D eigenvalue weighted by molar-refractivity contribution is -0.144. The lowest BCUT2D eigenvalue weighted by Crippen LogP contribution is -2.46. The number of nitrogens with zero attached hydrogens (tertiary/aromatic N) is 1. The molecule has 2 aromatic rings. The Labute approximate surface area is 156 Å². The van der Waals surface area contributed by atoms with Gasteiger partial charge in [0.1, 0.15) is 11.6 Å². The molecule has 2 heterocycles. The van der Waals surface area contributed by atoms with Crippen molar-refractivity contribution >= 4 is 22.8 Å². The van der Waals surface area contributed by atoms with Gasteiger partial charge < -0.3 is 24.1 Å². The van der Waals surface area contributed by atoms with Crippen LogP contribution in [-0.2, 0) is 16.1 Å². The van der Waals surface area contributed by atoms with Gasteiger partial charge in [-0.1, -0.05) is 13.8 Å². The minimum atomic E-state index is -0.843. The molecule has 0 bridgehead atoms. The summed E-state index contributed by atoms with van der Waals surface area (Å²) in [6, 6.07) is 2.48. The zero-order valence-electron chi connectivity index (χ0n) is 15.7. The highest BCUT2D eigenvalue weighted by Crippen LogP contribution is 2.35. The van der Waals surface area contributed by atoms with Crippen LogP contribution < -0.4 is 20.2 Å². The molecule has 0 saturated heterocycles. The quantitative estimate of drug-likeness (QED) is 0.800. The minimum absolute atomic E-state index is 0.0437. The fourth-order valence-corrected chi connectivity index (χ4v) is 3.05. The van der Waals surface area contributed by atoms with Crippen LogP contribution in [0.25, 0.3) is 10.9 Å². The largest absolute Gasteiger partial charge is 0.467 e. The van der Waals surface area contributed by atoms with Crippen LogP contribution in [0.5, 0.6) is 11.5 Å². The molecule has 1 unspecified atom stereocenters. The monoisotopic (exact) mass is 374 g/mol. The number of carbonyl (C=O) groups excluding carboxylic acids is 2. The van der Waals surface area contributed by atoms with Crippen molar-refractivity contribution in [1.82, 2.24) is 9.88 Å². The summed E-state index contributed by atoms with van der Waals surface area (Å²) >= 11 is 0. The van der Waals surface area contributed by atoms with E-state index in [-0.39, 0.29) is 18.3 Å². The Balaban J connectivity index is 2.07. The van der Waals surface area contributed by atoms with Crippen molar-refractivity contribution in [2.45, 2.75) is 33.4 Å². The van der Waals surface area contributed by atoms with Crippen molar-refractivity contribution in [3.8, 4) is 11.5 Å². The molecule has 1 aliphatic heterocycles. The van der Waals surface area contributed by atoms with Gasteiger partial charge in [-0.05, 0) is 18.9 Å². The second-order valence-electron chi connectivity index (χ2n) is 6.60. The predicted octanol–water partition coefficient (Wildman–Crippen LogP) is 1.68. The van der Waals surface area contributed by atoms with Crippen LogP contribution in [0.1, 0.15) is 31.1 Å². The maximum atomic E-state index is 12.9. The number of amides is 1. The molecule has 8 nitrogen and oxygen atoms in total. The maximum absolute atomic E-state index is 12.9. The molecule has 3 rings (SSSR count). The van der Waals surface area contributed by atoms with E-state index in [1.54, 1.807) is 30.5 Å². The van der Waals surface area contributed by atoms with E-state index in [0.29, 0.717) is 28.9 Å². The number of pyridine rings is 1. The van der Waals surface area contributed by atoms with Crippen LogP contribution in [0, 0.1) is 5.92 Å². The van der Waals surface area contributed by atoms with Crippen molar-refractivity contribution in [2.24, 2.45) is 5.92 Å². The van der Waals surface area contributed by atoms with Gasteiger partial charge in [0.2, 0.25) is 12.2 Å². The first-order valence-corrected chi connectivity index (χ1v) is 8.72. The number of hydrogen-bond donors (Lipinski definition) is 1. The van der Waals surface area contributed by atoms with E-state index < -0.39 is 23.3 Å². The third-order valence-corrected chi connectivity index (χ3v) is 4.57. The summed E-state index contributed by atoms with van der Waals surface area (Å²) in [5.74, 6) is -0.338. The van der Waals surface area contributed by atoms with Crippen LogP contribution in [0.15, 0.2) is 23.1 Å². The molecule has 144 valence electrons. The lowest BCUT2D eigenvalue weighted by atomic mass is 10.0. The molecule has 0 aliphatic carbocycles. The molecule has 27 heavy (non-hydrogen) atoms. The molecule has 1 aromatic carbocycles. The van der Waals surface area contributed by atoms with E-state index in [4.69, 9.17) is 14.2 Å². The zero-order chi connectivity index (χ0) is 19.7. The molecule has 0 saturated carbocycles. The second kappa shape index (κ2) is 7.30. The number of benzene rings is 1. The number of esters is 1. The second-order valence-corrected chi connectivity index (χ2v) is 6.60. The molecule has 1 amide bonds. The van der Waals surface area contributed by atoms with Crippen LogP contribution in [0.2, 0.25) is 0 Å². The number of ether oxygens (including phenoxy) is 3. The Kier molecular flexibility index (Phi) is 5.07. The first-order valence-electron chi connectivity index (χ1n) is 8.72. The summed E-state index contributed by atoms with van der Waals surface area (Å²) in [4.78, 5) is 37.6. The first kappa shape index (κ1) is 18.8. The molecular formula is C19H22N2O6. The summed E-state index contributed by atoms with van der Waals surface area (Å²) in [5.41, 5.74) is 0.173. The summed E-state index contributed by atoms with van der Waals surface area (Å²) in [5, 5.41) is 2.96. The average Bonchev–Trinajstić information content (AvgIpc) is 3.11. The first-order chi connectivity index (χ1) is 12.9. The van der Waals surface area contributed by atoms with Crippen molar-refractivity contribution in [3.63, 3.8) is 0 Å². The van der Waals surface area contributed by atoms with E-state index in [1.165, 1.54) is 13.3 Å². The van der Waals surface area contributed by atoms with Gasteiger partial charge in [0.15, 0.2) is 11.5 Å². The van der Waals surface area contributed by atoms with Gasteiger partial charge in [0.05, 0.1) is 18.0 Å². The highest BCUT2D eigenvalue weighted by atomic mass is 16.7. The summed E-state index contributed by atoms with van der Waals surface area (Å²) < 4.78 is 17.2. The van der Waals surface area contributed by atoms with Gasteiger partial charge in [-0.3, -0.25) is 9.59 Å². The Bertz CT molecular complexity index is 963. The van der Waals surface area contributed by atoms with Gasteiger partial charge >= 0.3 is 5.97 Å². The Hall–Kier alpha value is -3.03. The Morgan fingerprint density at radius 2 is 1.93 bits per heavy atom. The number of fused-ring (bicyclic) bond motifs is 2. The normalized spacial score (nSPS) is 13.7. The third-order valence-electron chi connectivity index (χ3n) is 4.57. The fourth-order valence-electron chi connectivity index (χ4n) is 3.05. The molecule has 1 atom stereocenters.